The van der Waals surface area contributed by atoms with Crippen molar-refractivity contribution >= 4 is 9.84 Å². The van der Waals surface area contributed by atoms with Crippen LogP contribution in [0.1, 0.15) is 30.6 Å². The van der Waals surface area contributed by atoms with Crippen LogP contribution in [0.2, 0.25) is 0 Å². The van der Waals surface area contributed by atoms with Gasteiger partial charge in [0.1, 0.15) is 9.84 Å². The van der Waals surface area contributed by atoms with Crippen LogP contribution in [-0.4, -0.2) is 36.7 Å². The lowest BCUT2D eigenvalue weighted by atomic mass is 10.2. The van der Waals surface area contributed by atoms with Crippen LogP contribution < -0.4 is 5.73 Å². The summed E-state index contributed by atoms with van der Waals surface area (Å²) in [6.07, 6.45) is -4.61. The standard InChI is InChI=1S/C9H14F3N3O3S/c1-19(16,17)5-3-6(13)8-14-7(15-18-8)2-4-9(10,11)12/h6H,2-5,13H2,1H3. The molecule has 0 saturated heterocycles. The van der Waals surface area contributed by atoms with Crippen LogP contribution in [0, 0.1) is 0 Å². The van der Waals surface area contributed by atoms with E-state index >= 15 is 0 Å². The Morgan fingerprint density at radius 3 is 2.58 bits per heavy atom. The fourth-order valence-electron chi connectivity index (χ4n) is 1.24. The van der Waals surface area contributed by atoms with Gasteiger partial charge in [-0.2, -0.15) is 18.2 Å². The maximum absolute atomic E-state index is 12.0. The average Bonchev–Trinajstić information content (AvgIpc) is 2.69. The Hall–Kier alpha value is -1.16. The zero-order chi connectivity index (χ0) is 14.7. The summed E-state index contributed by atoms with van der Waals surface area (Å²) in [6, 6.07) is -0.804. The van der Waals surface area contributed by atoms with Crippen molar-refractivity contribution in [1.29, 1.82) is 0 Å². The van der Waals surface area contributed by atoms with Gasteiger partial charge in [0, 0.05) is 12.7 Å². The molecule has 1 heterocycles. The van der Waals surface area contributed by atoms with Crippen molar-refractivity contribution in [3.05, 3.63) is 11.7 Å². The summed E-state index contributed by atoms with van der Waals surface area (Å²) in [5.41, 5.74) is 5.61. The average molecular weight is 301 g/mol. The molecule has 110 valence electrons. The Labute approximate surface area is 108 Å². The molecule has 1 unspecified atom stereocenters. The molecule has 6 nitrogen and oxygen atoms in total. The van der Waals surface area contributed by atoms with E-state index in [1.54, 1.807) is 0 Å². The number of nitrogens with two attached hydrogens (primary N) is 1. The summed E-state index contributed by atoms with van der Waals surface area (Å²) in [6.45, 7) is 0. The van der Waals surface area contributed by atoms with Gasteiger partial charge in [-0.25, -0.2) is 8.42 Å². The number of sulfone groups is 1. The first-order valence-corrected chi connectivity index (χ1v) is 7.45. The molecule has 0 aliphatic carbocycles. The van der Waals surface area contributed by atoms with Crippen molar-refractivity contribution in [2.45, 2.75) is 31.5 Å². The molecule has 0 amide bonds. The summed E-state index contributed by atoms with van der Waals surface area (Å²) in [7, 11) is -3.17. The lowest BCUT2D eigenvalue weighted by Gasteiger charge is -2.04. The quantitative estimate of drug-likeness (QED) is 0.841. The Morgan fingerprint density at radius 1 is 1.42 bits per heavy atom. The Morgan fingerprint density at radius 2 is 2.05 bits per heavy atom. The first kappa shape index (κ1) is 15.9. The third-order valence-corrected chi connectivity index (χ3v) is 3.21. The molecular formula is C9H14F3N3O3S. The van der Waals surface area contributed by atoms with E-state index in [9.17, 15) is 21.6 Å². The van der Waals surface area contributed by atoms with Crippen LogP contribution in [0.25, 0.3) is 0 Å². The van der Waals surface area contributed by atoms with Crippen LogP contribution in [0.5, 0.6) is 0 Å². The van der Waals surface area contributed by atoms with E-state index in [1.165, 1.54) is 0 Å². The minimum absolute atomic E-state index is 0.0548. The summed E-state index contributed by atoms with van der Waals surface area (Å²) in [5, 5.41) is 3.37. The van der Waals surface area contributed by atoms with E-state index in [4.69, 9.17) is 10.3 Å². The largest absolute Gasteiger partial charge is 0.389 e. The van der Waals surface area contributed by atoms with E-state index in [0.717, 1.165) is 6.26 Å². The molecule has 1 atom stereocenters. The van der Waals surface area contributed by atoms with Gasteiger partial charge in [-0.3, -0.25) is 0 Å². The molecule has 2 N–H and O–H groups in total. The number of aromatic nitrogens is 2. The normalized spacial score (nSPS) is 14.6. The predicted molar refractivity (Wildman–Crippen MR) is 59.9 cm³/mol. The van der Waals surface area contributed by atoms with Gasteiger partial charge >= 0.3 is 6.18 Å². The third kappa shape index (κ3) is 6.53. The second-order valence-electron chi connectivity index (χ2n) is 4.19. The Balaban J connectivity index is 2.54. The summed E-state index contributed by atoms with van der Waals surface area (Å²) < 4.78 is 62.5. The molecule has 1 rings (SSSR count). The fraction of sp³-hybridized carbons (Fsp3) is 0.778. The van der Waals surface area contributed by atoms with Crippen molar-refractivity contribution in [3.8, 4) is 0 Å². The fourth-order valence-corrected chi connectivity index (χ4v) is 1.92. The molecule has 0 fully saturated rings. The minimum Gasteiger partial charge on any atom is -0.338 e. The number of hydrogen-bond donors (Lipinski definition) is 1. The van der Waals surface area contributed by atoms with Crippen LogP contribution >= 0.6 is 0 Å². The molecule has 19 heavy (non-hydrogen) atoms. The molecule has 0 aromatic carbocycles. The zero-order valence-corrected chi connectivity index (χ0v) is 11.0. The van der Waals surface area contributed by atoms with Gasteiger partial charge in [-0.1, -0.05) is 5.16 Å². The Kier molecular flexibility index (Phi) is 4.91. The topological polar surface area (TPSA) is 99.1 Å². The van der Waals surface area contributed by atoms with Gasteiger partial charge in [0.15, 0.2) is 5.82 Å². The summed E-state index contributed by atoms with van der Waals surface area (Å²) in [5.74, 6) is -0.308. The smallest absolute Gasteiger partial charge is 0.338 e. The van der Waals surface area contributed by atoms with E-state index in [-0.39, 0.29) is 23.9 Å². The highest BCUT2D eigenvalue weighted by Crippen LogP contribution is 2.21. The lowest BCUT2D eigenvalue weighted by molar-refractivity contribution is -0.134. The number of nitrogens with zero attached hydrogens (tertiary/aromatic N) is 2. The second-order valence-corrected chi connectivity index (χ2v) is 6.45. The number of hydrogen-bond acceptors (Lipinski definition) is 6. The second kappa shape index (κ2) is 5.87. The van der Waals surface area contributed by atoms with Crippen molar-refractivity contribution in [1.82, 2.24) is 10.1 Å². The molecule has 0 saturated carbocycles. The van der Waals surface area contributed by atoms with E-state index in [0.29, 0.717) is 0 Å². The van der Waals surface area contributed by atoms with Crippen LogP contribution in [0.3, 0.4) is 0 Å². The van der Waals surface area contributed by atoms with E-state index < -0.39 is 34.9 Å². The van der Waals surface area contributed by atoms with Gasteiger partial charge in [-0.15, -0.1) is 0 Å². The van der Waals surface area contributed by atoms with Crippen molar-refractivity contribution in [2.75, 3.05) is 12.0 Å². The maximum atomic E-state index is 12.0. The minimum atomic E-state index is -4.29. The Bertz CT molecular complexity index is 512. The first-order chi connectivity index (χ1) is 8.57. The SMILES string of the molecule is CS(=O)(=O)CCC(N)c1nc(CCC(F)(F)F)no1. The maximum Gasteiger partial charge on any atom is 0.389 e. The first-order valence-electron chi connectivity index (χ1n) is 5.39. The molecule has 0 aliphatic heterocycles. The molecule has 10 heteroatoms. The van der Waals surface area contributed by atoms with Gasteiger partial charge in [-0.05, 0) is 6.42 Å². The van der Waals surface area contributed by atoms with Gasteiger partial charge in [0.25, 0.3) is 0 Å². The third-order valence-electron chi connectivity index (χ3n) is 2.23. The molecule has 0 aliphatic rings. The highest BCUT2D eigenvalue weighted by Gasteiger charge is 2.28. The van der Waals surface area contributed by atoms with Crippen LogP contribution in [-0.2, 0) is 16.3 Å². The number of rotatable bonds is 6. The molecule has 0 bridgehead atoms. The van der Waals surface area contributed by atoms with Gasteiger partial charge in [0.05, 0.1) is 18.2 Å². The molecule has 1 aromatic heterocycles. The van der Waals surface area contributed by atoms with Crippen molar-refractivity contribution in [2.24, 2.45) is 5.73 Å². The zero-order valence-electron chi connectivity index (χ0n) is 10.1. The van der Waals surface area contributed by atoms with Crippen molar-refractivity contribution in [3.63, 3.8) is 0 Å². The predicted octanol–water partition coefficient (Wildman–Crippen LogP) is 0.999. The van der Waals surface area contributed by atoms with Crippen LogP contribution in [0.15, 0.2) is 4.52 Å². The van der Waals surface area contributed by atoms with Crippen LogP contribution in [0.4, 0.5) is 13.2 Å². The number of aryl methyl sites for hydroxylation is 1. The number of halogens is 3. The van der Waals surface area contributed by atoms with E-state index in [2.05, 4.69) is 10.1 Å². The lowest BCUT2D eigenvalue weighted by Crippen LogP contribution is -2.16. The monoisotopic (exact) mass is 301 g/mol. The van der Waals surface area contributed by atoms with Gasteiger partial charge in [0.2, 0.25) is 5.89 Å². The van der Waals surface area contributed by atoms with E-state index in [1.807, 2.05) is 0 Å². The molecule has 1 aromatic rings. The van der Waals surface area contributed by atoms with Gasteiger partial charge < -0.3 is 10.3 Å². The molecular weight excluding hydrogens is 287 g/mol. The molecule has 0 spiro atoms. The van der Waals surface area contributed by atoms with Crippen molar-refractivity contribution < 1.29 is 26.1 Å². The summed E-state index contributed by atoms with van der Waals surface area (Å²) in [4.78, 5) is 3.72. The molecule has 0 radical (unpaired) electrons. The highest BCUT2D eigenvalue weighted by atomic mass is 32.2. The highest BCUT2D eigenvalue weighted by molar-refractivity contribution is 7.90. The summed E-state index contributed by atoms with van der Waals surface area (Å²) >= 11 is 0. The number of alkyl halides is 3.